The Hall–Kier alpha value is -3.09. The molecule has 1 aromatic carbocycles. The van der Waals surface area contributed by atoms with E-state index in [1.54, 1.807) is 36.5 Å². The minimum Gasteiger partial charge on any atom is -0.477 e. The molecule has 1 atom stereocenters. The van der Waals surface area contributed by atoms with Gasteiger partial charge in [0.15, 0.2) is 6.10 Å². The van der Waals surface area contributed by atoms with E-state index in [0.717, 1.165) is 0 Å². The summed E-state index contributed by atoms with van der Waals surface area (Å²) in [7, 11) is 1.53. The van der Waals surface area contributed by atoms with Crippen LogP contribution >= 0.6 is 0 Å². The predicted molar refractivity (Wildman–Crippen MR) is 92.0 cm³/mol. The molecule has 130 valence electrons. The van der Waals surface area contributed by atoms with Crippen molar-refractivity contribution >= 4 is 17.5 Å². The highest BCUT2D eigenvalue weighted by Gasteiger charge is 2.34. The fraction of sp³-hybridized carbons (Fsp3) is 0.278. The second kappa shape index (κ2) is 7.21. The van der Waals surface area contributed by atoms with Crippen molar-refractivity contribution in [2.75, 3.05) is 25.1 Å². The highest BCUT2D eigenvalue weighted by molar-refractivity contribution is 6.09. The molecule has 2 heterocycles. The molecule has 0 radical (unpaired) electrons. The lowest BCUT2D eigenvalue weighted by atomic mass is 10.1. The SMILES string of the molecule is CCOc1ncccc1C(=O)N1C[C@@H](C(=O)NC)Oc2ccccc21. The van der Waals surface area contributed by atoms with Gasteiger partial charge in [-0.2, -0.15) is 0 Å². The van der Waals surface area contributed by atoms with Gasteiger partial charge in [0.1, 0.15) is 11.3 Å². The number of ether oxygens (including phenoxy) is 2. The molecule has 1 aromatic heterocycles. The van der Waals surface area contributed by atoms with Crippen molar-refractivity contribution in [1.82, 2.24) is 10.3 Å². The van der Waals surface area contributed by atoms with Crippen LogP contribution in [0, 0.1) is 0 Å². The van der Waals surface area contributed by atoms with E-state index in [9.17, 15) is 9.59 Å². The molecule has 0 saturated heterocycles. The molecule has 0 unspecified atom stereocenters. The van der Waals surface area contributed by atoms with Crippen LogP contribution in [-0.2, 0) is 4.79 Å². The molecular weight excluding hydrogens is 322 g/mol. The monoisotopic (exact) mass is 341 g/mol. The minimum absolute atomic E-state index is 0.107. The average Bonchev–Trinajstić information content (AvgIpc) is 2.66. The molecule has 2 amide bonds. The van der Waals surface area contributed by atoms with Gasteiger partial charge in [0.2, 0.25) is 5.88 Å². The third-order valence-electron chi connectivity index (χ3n) is 3.84. The van der Waals surface area contributed by atoms with Crippen LogP contribution in [0.2, 0.25) is 0 Å². The number of benzene rings is 1. The van der Waals surface area contributed by atoms with E-state index in [0.29, 0.717) is 23.6 Å². The molecular formula is C18H19N3O4. The molecule has 0 bridgehead atoms. The van der Waals surface area contributed by atoms with Crippen molar-refractivity contribution in [1.29, 1.82) is 0 Å². The number of likely N-dealkylation sites (N-methyl/N-ethyl adjacent to an activating group) is 1. The van der Waals surface area contributed by atoms with Crippen molar-refractivity contribution in [3.63, 3.8) is 0 Å². The summed E-state index contributed by atoms with van der Waals surface area (Å²) >= 11 is 0. The van der Waals surface area contributed by atoms with Crippen LogP contribution in [0.25, 0.3) is 0 Å². The van der Waals surface area contributed by atoms with Crippen LogP contribution in [0.4, 0.5) is 5.69 Å². The Morgan fingerprint density at radius 2 is 2.12 bits per heavy atom. The van der Waals surface area contributed by atoms with Gasteiger partial charge < -0.3 is 19.7 Å². The zero-order valence-electron chi connectivity index (χ0n) is 14.1. The summed E-state index contributed by atoms with van der Waals surface area (Å²) in [5.74, 6) is 0.178. The molecule has 0 aliphatic carbocycles. The average molecular weight is 341 g/mol. The lowest BCUT2D eigenvalue weighted by molar-refractivity contribution is -0.127. The fourth-order valence-electron chi connectivity index (χ4n) is 2.67. The van der Waals surface area contributed by atoms with Gasteiger partial charge in [0, 0.05) is 13.2 Å². The fourth-order valence-corrected chi connectivity index (χ4v) is 2.67. The Balaban J connectivity index is 2.00. The zero-order chi connectivity index (χ0) is 17.8. The summed E-state index contributed by atoms with van der Waals surface area (Å²) in [5.41, 5.74) is 0.954. The van der Waals surface area contributed by atoms with Crippen LogP contribution in [0.1, 0.15) is 17.3 Å². The molecule has 1 N–H and O–H groups in total. The van der Waals surface area contributed by atoms with E-state index in [1.807, 2.05) is 13.0 Å². The molecule has 25 heavy (non-hydrogen) atoms. The number of pyridine rings is 1. The molecule has 7 heteroatoms. The molecule has 0 fully saturated rings. The highest BCUT2D eigenvalue weighted by Crippen LogP contribution is 2.34. The topological polar surface area (TPSA) is 80.8 Å². The van der Waals surface area contributed by atoms with Gasteiger partial charge in [-0.05, 0) is 31.2 Å². The first-order valence-electron chi connectivity index (χ1n) is 8.02. The number of hydrogen-bond acceptors (Lipinski definition) is 5. The number of nitrogens with one attached hydrogen (secondary N) is 1. The van der Waals surface area contributed by atoms with Gasteiger partial charge in [-0.3, -0.25) is 9.59 Å². The summed E-state index contributed by atoms with van der Waals surface area (Å²) < 4.78 is 11.2. The molecule has 2 aromatic rings. The van der Waals surface area contributed by atoms with Crippen LogP contribution in [-0.4, -0.2) is 43.1 Å². The lowest BCUT2D eigenvalue weighted by Crippen LogP contribution is -2.50. The first kappa shape index (κ1) is 16.8. The van der Waals surface area contributed by atoms with E-state index < -0.39 is 6.10 Å². The van der Waals surface area contributed by atoms with Crippen molar-refractivity contribution in [2.45, 2.75) is 13.0 Å². The number of amides is 2. The maximum absolute atomic E-state index is 13.1. The summed E-state index contributed by atoms with van der Waals surface area (Å²) in [6.45, 7) is 2.34. The number of hydrogen-bond donors (Lipinski definition) is 1. The normalized spacial score (nSPS) is 15.8. The quantitative estimate of drug-likeness (QED) is 0.914. The Kier molecular flexibility index (Phi) is 4.83. The van der Waals surface area contributed by atoms with Gasteiger partial charge in [0.05, 0.1) is 18.8 Å². The van der Waals surface area contributed by atoms with Gasteiger partial charge >= 0.3 is 0 Å². The maximum Gasteiger partial charge on any atom is 0.264 e. The second-order valence-corrected chi connectivity index (χ2v) is 5.39. The third-order valence-corrected chi connectivity index (χ3v) is 3.84. The van der Waals surface area contributed by atoms with Gasteiger partial charge in [-0.25, -0.2) is 4.98 Å². The molecule has 0 spiro atoms. The first-order chi connectivity index (χ1) is 12.2. The van der Waals surface area contributed by atoms with Crippen LogP contribution in [0.3, 0.4) is 0 Å². The predicted octanol–water partition coefficient (Wildman–Crippen LogP) is 1.63. The van der Waals surface area contributed by atoms with Crippen LogP contribution in [0.5, 0.6) is 11.6 Å². The number of fused-ring (bicyclic) bond motifs is 1. The van der Waals surface area contributed by atoms with E-state index in [-0.39, 0.29) is 24.2 Å². The molecule has 3 rings (SSSR count). The largest absolute Gasteiger partial charge is 0.477 e. The summed E-state index contributed by atoms with van der Waals surface area (Å²) in [6, 6.07) is 10.5. The van der Waals surface area contributed by atoms with E-state index in [1.165, 1.54) is 11.9 Å². The summed E-state index contributed by atoms with van der Waals surface area (Å²) in [5, 5.41) is 2.56. The van der Waals surface area contributed by atoms with Crippen molar-refractivity contribution in [3.05, 3.63) is 48.2 Å². The highest BCUT2D eigenvalue weighted by atomic mass is 16.5. The number of rotatable bonds is 4. The molecule has 0 saturated carbocycles. The molecule has 7 nitrogen and oxygen atoms in total. The van der Waals surface area contributed by atoms with Gasteiger partial charge in [-0.1, -0.05) is 12.1 Å². The first-order valence-corrected chi connectivity index (χ1v) is 8.02. The van der Waals surface area contributed by atoms with Crippen LogP contribution in [0.15, 0.2) is 42.6 Å². The Labute approximate surface area is 145 Å². The Morgan fingerprint density at radius 3 is 2.88 bits per heavy atom. The van der Waals surface area contributed by atoms with Gasteiger partial charge in [0.25, 0.3) is 11.8 Å². The lowest BCUT2D eigenvalue weighted by Gasteiger charge is -2.34. The number of aromatic nitrogens is 1. The van der Waals surface area contributed by atoms with Gasteiger partial charge in [-0.15, -0.1) is 0 Å². The number of carbonyl (C=O) groups excluding carboxylic acids is 2. The summed E-state index contributed by atoms with van der Waals surface area (Å²) in [6.07, 6.45) is 0.790. The third kappa shape index (κ3) is 3.26. The second-order valence-electron chi connectivity index (χ2n) is 5.39. The number of anilines is 1. The molecule has 1 aliphatic heterocycles. The Bertz CT molecular complexity index is 793. The number of carbonyl (C=O) groups is 2. The molecule has 1 aliphatic rings. The number of nitrogens with zero attached hydrogens (tertiary/aromatic N) is 2. The van der Waals surface area contributed by atoms with Crippen molar-refractivity contribution in [3.8, 4) is 11.6 Å². The van der Waals surface area contributed by atoms with E-state index in [4.69, 9.17) is 9.47 Å². The standard InChI is InChI=1S/C18H19N3O4/c1-3-24-17-12(7-6-10-20-17)18(23)21-11-15(16(22)19-2)25-14-9-5-4-8-13(14)21/h4-10,15H,3,11H2,1-2H3,(H,19,22)/t15-/m0/s1. The minimum atomic E-state index is -0.781. The zero-order valence-corrected chi connectivity index (χ0v) is 14.1. The summed E-state index contributed by atoms with van der Waals surface area (Å²) in [4.78, 5) is 30.8. The maximum atomic E-state index is 13.1. The van der Waals surface area contributed by atoms with E-state index in [2.05, 4.69) is 10.3 Å². The Morgan fingerprint density at radius 1 is 1.32 bits per heavy atom. The van der Waals surface area contributed by atoms with Crippen LogP contribution < -0.4 is 19.7 Å². The number of para-hydroxylation sites is 2. The van der Waals surface area contributed by atoms with Crippen molar-refractivity contribution < 1.29 is 19.1 Å². The van der Waals surface area contributed by atoms with Crippen molar-refractivity contribution in [2.24, 2.45) is 0 Å². The smallest absolute Gasteiger partial charge is 0.264 e. The van der Waals surface area contributed by atoms with E-state index >= 15 is 0 Å².